The van der Waals surface area contributed by atoms with E-state index in [0.717, 1.165) is 12.8 Å². The first-order valence-corrected chi connectivity index (χ1v) is 9.20. The summed E-state index contributed by atoms with van der Waals surface area (Å²) in [4.78, 5) is 25.8. The molecule has 5 nitrogen and oxygen atoms in total. The smallest absolute Gasteiger partial charge is 0.354 e. The molecule has 0 saturated carbocycles. The lowest BCUT2D eigenvalue weighted by molar-refractivity contribution is -0.162. The molecule has 1 heterocycles. The fourth-order valence-corrected chi connectivity index (χ4v) is 3.39. The quantitative estimate of drug-likeness (QED) is 0.710. The third kappa shape index (κ3) is 6.98. The fraction of sp³-hybridized carbons (Fsp3) is 0.579. The molecule has 2 unspecified atom stereocenters. The number of carbonyl (C=O) groups excluding carboxylic acids is 2. The topological polar surface area (TPSA) is 75.4 Å². The third-order valence-corrected chi connectivity index (χ3v) is 4.83. The number of nitrogens with zero attached hydrogens (tertiary/aromatic N) is 1. The molecule has 0 aromatic heterocycles. The third-order valence-electron chi connectivity index (χ3n) is 4.83. The van der Waals surface area contributed by atoms with Crippen LogP contribution < -0.4 is 11.1 Å². The van der Waals surface area contributed by atoms with Crippen LogP contribution in [0, 0.1) is 0 Å². The van der Waals surface area contributed by atoms with Crippen molar-refractivity contribution in [1.82, 2.24) is 10.2 Å². The zero-order valence-electron chi connectivity index (χ0n) is 15.6. The molecule has 2 rings (SSSR count). The van der Waals surface area contributed by atoms with Crippen molar-refractivity contribution in [3.05, 3.63) is 35.9 Å². The molecule has 3 N–H and O–H groups in total. The Hall–Kier alpha value is -1.80. The van der Waals surface area contributed by atoms with Gasteiger partial charge in [0, 0.05) is 38.5 Å². The van der Waals surface area contributed by atoms with Crippen LogP contribution in [-0.2, 0) is 9.59 Å². The molecule has 2 amide bonds. The van der Waals surface area contributed by atoms with Gasteiger partial charge in [0.15, 0.2) is 0 Å². The molecular formula is C19H27ClF3N3O2. The fourth-order valence-electron chi connectivity index (χ4n) is 3.39. The maximum absolute atomic E-state index is 13.5. The highest BCUT2D eigenvalue weighted by atomic mass is 35.5. The maximum Gasteiger partial charge on any atom is 0.396 e. The Morgan fingerprint density at radius 3 is 2.50 bits per heavy atom. The van der Waals surface area contributed by atoms with Gasteiger partial charge in [0.25, 0.3) is 0 Å². The number of nitrogens with one attached hydrogen (secondary N) is 1. The van der Waals surface area contributed by atoms with E-state index in [4.69, 9.17) is 5.73 Å². The SMILES string of the molecule is Cl.NCCC(=O)NCC1CCCCN1C(=O)CC(c1ccccc1)C(F)(F)F. The molecule has 1 aliphatic rings. The Labute approximate surface area is 169 Å². The minimum Gasteiger partial charge on any atom is -0.354 e. The van der Waals surface area contributed by atoms with Gasteiger partial charge in [0.2, 0.25) is 11.8 Å². The van der Waals surface area contributed by atoms with Gasteiger partial charge in [0.1, 0.15) is 0 Å². The summed E-state index contributed by atoms with van der Waals surface area (Å²) in [6.07, 6.45) is -2.65. The van der Waals surface area contributed by atoms with E-state index in [1.807, 2.05) is 0 Å². The van der Waals surface area contributed by atoms with E-state index in [1.54, 1.807) is 6.07 Å². The zero-order chi connectivity index (χ0) is 19.9. The van der Waals surface area contributed by atoms with Gasteiger partial charge in [-0.1, -0.05) is 30.3 Å². The number of nitrogens with two attached hydrogens (primary N) is 1. The second-order valence-corrected chi connectivity index (χ2v) is 6.79. The Kier molecular flexibility index (Phi) is 9.75. The van der Waals surface area contributed by atoms with Crippen LogP contribution in [0.4, 0.5) is 13.2 Å². The largest absolute Gasteiger partial charge is 0.396 e. The van der Waals surface area contributed by atoms with Gasteiger partial charge in [-0.25, -0.2) is 0 Å². The van der Waals surface area contributed by atoms with Crippen LogP contribution in [0.15, 0.2) is 30.3 Å². The molecular weight excluding hydrogens is 395 g/mol. The number of hydrogen-bond donors (Lipinski definition) is 2. The molecule has 0 spiro atoms. The summed E-state index contributed by atoms with van der Waals surface area (Å²) in [5.41, 5.74) is 5.42. The number of alkyl halides is 3. The van der Waals surface area contributed by atoms with Crippen molar-refractivity contribution in [3.8, 4) is 0 Å². The van der Waals surface area contributed by atoms with Crippen molar-refractivity contribution < 1.29 is 22.8 Å². The van der Waals surface area contributed by atoms with E-state index < -0.39 is 24.4 Å². The first kappa shape index (κ1) is 24.2. The number of benzene rings is 1. The summed E-state index contributed by atoms with van der Waals surface area (Å²) >= 11 is 0. The van der Waals surface area contributed by atoms with Crippen LogP contribution in [0.2, 0.25) is 0 Å². The average Bonchev–Trinajstić information content (AvgIpc) is 2.64. The zero-order valence-corrected chi connectivity index (χ0v) is 16.4. The lowest BCUT2D eigenvalue weighted by Crippen LogP contribution is -2.50. The van der Waals surface area contributed by atoms with Gasteiger partial charge in [-0.2, -0.15) is 13.2 Å². The van der Waals surface area contributed by atoms with Crippen molar-refractivity contribution in [1.29, 1.82) is 0 Å². The summed E-state index contributed by atoms with van der Waals surface area (Å²) in [5, 5.41) is 2.72. The second kappa shape index (κ2) is 11.3. The maximum atomic E-state index is 13.5. The first-order valence-electron chi connectivity index (χ1n) is 9.20. The highest BCUT2D eigenvalue weighted by Crippen LogP contribution is 2.38. The molecule has 9 heteroatoms. The molecule has 28 heavy (non-hydrogen) atoms. The van der Waals surface area contributed by atoms with Crippen LogP contribution in [0.1, 0.15) is 43.6 Å². The van der Waals surface area contributed by atoms with E-state index in [2.05, 4.69) is 5.32 Å². The highest BCUT2D eigenvalue weighted by Gasteiger charge is 2.43. The molecule has 1 fully saturated rings. The van der Waals surface area contributed by atoms with Crippen LogP contribution in [-0.4, -0.2) is 48.6 Å². The molecule has 0 radical (unpaired) electrons. The lowest BCUT2D eigenvalue weighted by Gasteiger charge is -2.37. The Balaban J connectivity index is 0.00000392. The van der Waals surface area contributed by atoms with Crippen LogP contribution in [0.5, 0.6) is 0 Å². The van der Waals surface area contributed by atoms with Gasteiger partial charge in [-0.05, 0) is 24.8 Å². The number of rotatable bonds is 7. The number of hydrogen-bond acceptors (Lipinski definition) is 3. The summed E-state index contributed by atoms with van der Waals surface area (Å²) in [6.45, 7) is 0.881. The molecule has 1 saturated heterocycles. The minimum atomic E-state index is -4.50. The summed E-state index contributed by atoms with van der Waals surface area (Å²) in [7, 11) is 0. The predicted octanol–water partition coefficient (Wildman–Crippen LogP) is 2.99. The predicted molar refractivity (Wildman–Crippen MR) is 103 cm³/mol. The van der Waals surface area contributed by atoms with E-state index in [-0.39, 0.29) is 49.4 Å². The van der Waals surface area contributed by atoms with Gasteiger partial charge in [-0.15, -0.1) is 12.4 Å². The Morgan fingerprint density at radius 2 is 1.89 bits per heavy atom. The Morgan fingerprint density at radius 1 is 1.21 bits per heavy atom. The summed E-state index contributed by atoms with van der Waals surface area (Å²) in [6, 6.07) is 7.23. The molecule has 2 atom stereocenters. The van der Waals surface area contributed by atoms with Crippen LogP contribution in [0.25, 0.3) is 0 Å². The monoisotopic (exact) mass is 421 g/mol. The van der Waals surface area contributed by atoms with Gasteiger partial charge in [0.05, 0.1) is 5.92 Å². The average molecular weight is 422 g/mol. The summed E-state index contributed by atoms with van der Waals surface area (Å²) < 4.78 is 40.6. The molecule has 1 aliphatic heterocycles. The van der Waals surface area contributed by atoms with Gasteiger partial charge < -0.3 is 16.0 Å². The lowest BCUT2D eigenvalue weighted by atomic mass is 9.93. The van der Waals surface area contributed by atoms with Crippen molar-refractivity contribution in [2.75, 3.05) is 19.6 Å². The van der Waals surface area contributed by atoms with Crippen LogP contribution in [0.3, 0.4) is 0 Å². The molecule has 158 valence electrons. The van der Waals surface area contributed by atoms with Crippen molar-refractivity contribution in [3.63, 3.8) is 0 Å². The van der Waals surface area contributed by atoms with Crippen molar-refractivity contribution >= 4 is 24.2 Å². The summed E-state index contributed by atoms with van der Waals surface area (Å²) in [5.74, 6) is -2.58. The molecule has 1 aromatic carbocycles. The second-order valence-electron chi connectivity index (χ2n) is 6.79. The number of amides is 2. The van der Waals surface area contributed by atoms with E-state index in [9.17, 15) is 22.8 Å². The number of likely N-dealkylation sites (tertiary alicyclic amines) is 1. The van der Waals surface area contributed by atoms with Crippen molar-refractivity contribution in [2.24, 2.45) is 5.73 Å². The number of carbonyl (C=O) groups is 2. The van der Waals surface area contributed by atoms with Crippen LogP contribution >= 0.6 is 12.4 Å². The number of halogens is 4. The van der Waals surface area contributed by atoms with Crippen molar-refractivity contribution in [2.45, 2.75) is 50.2 Å². The van der Waals surface area contributed by atoms with E-state index in [1.165, 1.54) is 29.2 Å². The standard InChI is InChI=1S/C19H26F3N3O2.ClH/c20-19(21,22)16(14-6-2-1-3-7-14)12-18(27)25-11-5-4-8-15(25)13-24-17(26)9-10-23;/h1-3,6-7,15-16H,4-5,8-13,23H2,(H,24,26);1H. The van der Waals surface area contributed by atoms with Gasteiger partial charge in [-0.3, -0.25) is 9.59 Å². The minimum absolute atomic E-state index is 0. The van der Waals surface area contributed by atoms with E-state index in [0.29, 0.717) is 13.0 Å². The molecule has 0 bridgehead atoms. The van der Waals surface area contributed by atoms with Gasteiger partial charge >= 0.3 is 6.18 Å². The Bertz CT molecular complexity index is 629. The highest BCUT2D eigenvalue weighted by molar-refractivity contribution is 5.85. The molecule has 1 aromatic rings. The first-order chi connectivity index (χ1) is 12.8. The normalized spacial score (nSPS) is 18.1. The molecule has 0 aliphatic carbocycles. The number of piperidine rings is 1. The van der Waals surface area contributed by atoms with E-state index >= 15 is 0 Å².